The van der Waals surface area contributed by atoms with E-state index < -0.39 is 0 Å². The molecule has 11 heavy (non-hydrogen) atoms. The van der Waals surface area contributed by atoms with Crippen LogP contribution < -0.4 is 5.32 Å². The van der Waals surface area contributed by atoms with Gasteiger partial charge in [-0.25, -0.2) is 4.98 Å². The van der Waals surface area contributed by atoms with Crippen molar-refractivity contribution in [2.45, 2.75) is 13.0 Å². The summed E-state index contributed by atoms with van der Waals surface area (Å²) in [6.45, 7) is 5.50. The second-order valence-corrected chi connectivity index (χ2v) is 2.95. The van der Waals surface area contributed by atoms with Crippen LogP contribution in [0.2, 0.25) is 0 Å². The van der Waals surface area contributed by atoms with E-state index >= 15 is 0 Å². The Labute approximate surface area is 71.0 Å². The van der Waals surface area contributed by atoms with Crippen LogP contribution in [0.15, 0.2) is 23.5 Å². The second kappa shape index (κ2) is 5.04. The number of hydrogen-bond acceptors (Lipinski definition) is 3. The van der Waals surface area contributed by atoms with Crippen molar-refractivity contribution in [3.05, 3.63) is 29.2 Å². The van der Waals surface area contributed by atoms with Crippen LogP contribution in [0.4, 0.5) is 0 Å². The lowest BCUT2D eigenvalue weighted by Gasteiger charge is -1.97. The molecule has 2 nitrogen and oxygen atoms in total. The molecule has 0 aliphatic carbocycles. The summed E-state index contributed by atoms with van der Waals surface area (Å²) in [5.74, 6) is 0. The first-order chi connectivity index (χ1) is 5.43. The Morgan fingerprint density at radius 3 is 3.27 bits per heavy atom. The van der Waals surface area contributed by atoms with Crippen LogP contribution in [0.25, 0.3) is 0 Å². The Morgan fingerprint density at radius 1 is 1.73 bits per heavy atom. The third-order valence-corrected chi connectivity index (χ3v) is 1.95. The average molecular weight is 168 g/mol. The van der Waals surface area contributed by atoms with Crippen LogP contribution in [-0.4, -0.2) is 11.5 Å². The molecule has 1 aromatic heterocycles. The van der Waals surface area contributed by atoms with Gasteiger partial charge in [0.1, 0.15) is 0 Å². The van der Waals surface area contributed by atoms with Gasteiger partial charge in [-0.1, -0.05) is 6.08 Å². The molecule has 0 aliphatic heterocycles. The van der Waals surface area contributed by atoms with E-state index in [1.165, 1.54) is 0 Å². The van der Waals surface area contributed by atoms with Gasteiger partial charge in [-0.05, 0) is 13.0 Å². The van der Waals surface area contributed by atoms with Crippen LogP contribution in [0.1, 0.15) is 12.1 Å². The smallest absolute Gasteiger partial charge is 0.0795 e. The van der Waals surface area contributed by atoms with Crippen molar-refractivity contribution < 1.29 is 0 Å². The Morgan fingerprint density at radius 2 is 2.64 bits per heavy atom. The highest BCUT2D eigenvalue weighted by atomic mass is 32.1. The molecule has 1 rings (SSSR count). The summed E-state index contributed by atoms with van der Waals surface area (Å²) < 4.78 is 0. The first kappa shape index (κ1) is 8.43. The largest absolute Gasteiger partial charge is 0.311 e. The van der Waals surface area contributed by atoms with Crippen molar-refractivity contribution >= 4 is 11.3 Å². The van der Waals surface area contributed by atoms with Gasteiger partial charge in [0.2, 0.25) is 0 Å². The average Bonchev–Trinajstić information content (AvgIpc) is 2.50. The molecular weight excluding hydrogens is 156 g/mol. The number of aromatic nitrogens is 1. The first-order valence-electron chi connectivity index (χ1n) is 3.62. The molecule has 0 bridgehead atoms. The normalized spacial score (nSPS) is 9.82. The fourth-order valence-electron chi connectivity index (χ4n) is 0.745. The molecule has 0 fully saturated rings. The predicted molar refractivity (Wildman–Crippen MR) is 48.6 cm³/mol. The van der Waals surface area contributed by atoms with E-state index in [1.807, 2.05) is 11.6 Å². The minimum absolute atomic E-state index is 0.872. The molecule has 60 valence electrons. The Hall–Kier alpha value is -0.670. The zero-order chi connectivity index (χ0) is 7.94. The number of thiazole rings is 1. The monoisotopic (exact) mass is 168 g/mol. The molecule has 0 spiro atoms. The highest BCUT2D eigenvalue weighted by Gasteiger charge is 1.91. The van der Waals surface area contributed by atoms with Crippen LogP contribution in [0, 0.1) is 0 Å². The zero-order valence-corrected chi connectivity index (χ0v) is 7.23. The summed E-state index contributed by atoms with van der Waals surface area (Å²) in [6, 6.07) is 0. The minimum Gasteiger partial charge on any atom is -0.311 e. The molecule has 0 unspecified atom stereocenters. The van der Waals surface area contributed by atoms with Crippen LogP contribution in [-0.2, 0) is 6.54 Å². The van der Waals surface area contributed by atoms with E-state index in [9.17, 15) is 0 Å². The summed E-state index contributed by atoms with van der Waals surface area (Å²) in [4.78, 5) is 4.14. The van der Waals surface area contributed by atoms with E-state index in [1.54, 1.807) is 11.3 Å². The van der Waals surface area contributed by atoms with Gasteiger partial charge >= 0.3 is 0 Å². The second-order valence-electron chi connectivity index (χ2n) is 2.23. The van der Waals surface area contributed by atoms with Crippen LogP contribution in [0.3, 0.4) is 0 Å². The minimum atomic E-state index is 0.872. The van der Waals surface area contributed by atoms with Gasteiger partial charge in [0, 0.05) is 11.9 Å². The van der Waals surface area contributed by atoms with Gasteiger partial charge in [0.05, 0.1) is 11.2 Å². The van der Waals surface area contributed by atoms with E-state index in [4.69, 9.17) is 0 Å². The van der Waals surface area contributed by atoms with Gasteiger partial charge in [0.15, 0.2) is 0 Å². The Kier molecular flexibility index (Phi) is 3.86. The third-order valence-electron chi connectivity index (χ3n) is 1.31. The van der Waals surface area contributed by atoms with Crippen LogP contribution in [0.5, 0.6) is 0 Å². The van der Waals surface area contributed by atoms with Crippen molar-refractivity contribution in [1.29, 1.82) is 0 Å². The molecule has 0 aromatic carbocycles. The molecule has 1 heterocycles. The maximum absolute atomic E-state index is 4.14. The molecule has 3 heteroatoms. The predicted octanol–water partition coefficient (Wildman–Crippen LogP) is 1.81. The van der Waals surface area contributed by atoms with Gasteiger partial charge < -0.3 is 5.32 Å². The highest BCUT2D eigenvalue weighted by Crippen LogP contribution is 1.99. The molecule has 1 aromatic rings. The van der Waals surface area contributed by atoms with Gasteiger partial charge in [-0.3, -0.25) is 0 Å². The number of nitrogens with zero attached hydrogens (tertiary/aromatic N) is 1. The number of nitrogens with one attached hydrogen (secondary N) is 1. The van der Waals surface area contributed by atoms with Gasteiger partial charge in [0.25, 0.3) is 0 Å². The summed E-state index contributed by atoms with van der Waals surface area (Å²) in [5, 5.41) is 5.32. The van der Waals surface area contributed by atoms with Crippen molar-refractivity contribution in [2.75, 3.05) is 6.54 Å². The molecule has 0 atom stereocenters. The molecule has 0 amide bonds. The molecule has 0 saturated carbocycles. The molecule has 1 N–H and O–H groups in total. The fraction of sp³-hybridized carbons (Fsp3) is 0.375. The number of hydrogen-bond donors (Lipinski definition) is 1. The van der Waals surface area contributed by atoms with E-state index in [0.29, 0.717) is 0 Å². The highest BCUT2D eigenvalue weighted by molar-refractivity contribution is 7.07. The fourth-order valence-corrected chi connectivity index (χ4v) is 1.30. The van der Waals surface area contributed by atoms with Crippen molar-refractivity contribution in [3.8, 4) is 0 Å². The molecule has 0 radical (unpaired) electrons. The molecule has 0 saturated heterocycles. The van der Waals surface area contributed by atoms with Crippen LogP contribution >= 0.6 is 11.3 Å². The van der Waals surface area contributed by atoms with Gasteiger partial charge in [-0.15, -0.1) is 17.9 Å². The van der Waals surface area contributed by atoms with E-state index in [2.05, 4.69) is 22.3 Å². The first-order valence-corrected chi connectivity index (χ1v) is 4.56. The Balaban J connectivity index is 2.09. The summed E-state index contributed by atoms with van der Waals surface area (Å²) in [7, 11) is 0. The maximum Gasteiger partial charge on any atom is 0.0795 e. The quantitative estimate of drug-likeness (QED) is 0.536. The van der Waals surface area contributed by atoms with Crippen molar-refractivity contribution in [1.82, 2.24) is 10.3 Å². The summed E-state index contributed by atoms with van der Waals surface area (Å²) >= 11 is 1.63. The zero-order valence-electron chi connectivity index (χ0n) is 6.42. The van der Waals surface area contributed by atoms with E-state index in [-0.39, 0.29) is 0 Å². The molecular formula is C8H12N2S. The topological polar surface area (TPSA) is 24.9 Å². The molecule has 0 aliphatic rings. The lowest BCUT2D eigenvalue weighted by Crippen LogP contribution is -2.13. The SMILES string of the molecule is C=CCCNCc1cscn1. The Bertz CT molecular complexity index is 194. The lowest BCUT2D eigenvalue weighted by atomic mass is 10.4. The van der Waals surface area contributed by atoms with E-state index in [0.717, 1.165) is 25.2 Å². The maximum atomic E-state index is 4.14. The summed E-state index contributed by atoms with van der Waals surface area (Å²) in [6.07, 6.45) is 2.93. The van der Waals surface area contributed by atoms with Gasteiger partial charge in [-0.2, -0.15) is 0 Å². The number of rotatable bonds is 5. The van der Waals surface area contributed by atoms with Crippen molar-refractivity contribution in [3.63, 3.8) is 0 Å². The third kappa shape index (κ3) is 3.30. The lowest BCUT2D eigenvalue weighted by molar-refractivity contribution is 0.686. The summed E-state index contributed by atoms with van der Waals surface area (Å²) in [5.41, 5.74) is 2.98. The van der Waals surface area contributed by atoms with Crippen molar-refractivity contribution in [2.24, 2.45) is 0 Å². The standard InChI is InChI=1S/C8H12N2S/c1-2-3-4-9-5-8-6-11-7-10-8/h2,6-7,9H,1,3-5H2.